The van der Waals surface area contributed by atoms with Crippen LogP contribution >= 0.6 is 0 Å². The number of carbonyl (C=O) groups excluding carboxylic acids is 1. The van der Waals surface area contributed by atoms with Crippen LogP contribution in [0.25, 0.3) is 0 Å². The third-order valence-electron chi connectivity index (χ3n) is 4.14. The molecule has 0 saturated heterocycles. The summed E-state index contributed by atoms with van der Waals surface area (Å²) in [7, 11) is -2.19. The second kappa shape index (κ2) is 7.86. The molecule has 0 aliphatic heterocycles. The molecule has 1 aliphatic rings. The third kappa shape index (κ3) is 5.90. The number of amides is 1. The van der Waals surface area contributed by atoms with Gasteiger partial charge in [-0.25, -0.2) is 0 Å². The van der Waals surface area contributed by atoms with Gasteiger partial charge in [-0.3, -0.25) is 4.79 Å². The molecule has 1 aliphatic carbocycles. The minimum absolute atomic E-state index is 0.0758. The number of methoxy groups -OCH3 is 1. The van der Waals surface area contributed by atoms with Crippen LogP contribution in [0.1, 0.15) is 52.5 Å². The van der Waals surface area contributed by atoms with Crippen molar-refractivity contribution in [1.29, 1.82) is 0 Å². The van der Waals surface area contributed by atoms with E-state index in [-0.39, 0.29) is 28.9 Å². The highest BCUT2D eigenvalue weighted by Crippen LogP contribution is 2.34. The van der Waals surface area contributed by atoms with Crippen LogP contribution in [0.2, 0.25) is 0 Å². The number of hydrogen-bond donors (Lipinski definition) is 0. The van der Waals surface area contributed by atoms with Crippen LogP contribution in [-0.2, 0) is 21.5 Å². The van der Waals surface area contributed by atoms with E-state index in [0.29, 0.717) is 18.7 Å². The smallest absolute Gasteiger partial charge is 0.309 e. The molecule has 26 heavy (non-hydrogen) atoms. The van der Waals surface area contributed by atoms with Gasteiger partial charge in [-0.15, -0.1) is 0 Å². The molecule has 6 nitrogen and oxygen atoms in total. The van der Waals surface area contributed by atoms with Crippen molar-refractivity contribution >= 4 is 16.0 Å². The Morgan fingerprint density at radius 1 is 1.23 bits per heavy atom. The average Bonchev–Trinajstić information content (AvgIpc) is 3.35. The molecule has 0 spiro atoms. The molecule has 0 bridgehead atoms. The Hall–Kier alpha value is -1.76. The lowest BCUT2D eigenvalue weighted by Crippen LogP contribution is -2.34. The van der Waals surface area contributed by atoms with Gasteiger partial charge in [0, 0.05) is 19.0 Å². The first-order valence-electron chi connectivity index (χ1n) is 8.93. The standard InChI is InChI=1S/C19H29NO5S/c1-6-26(22,23)25-17-11-14(7-10-16(17)24-5)13-20(15-8-9-15)18(21)12-19(2,3)4/h7,10-11,15H,6,8-9,12-13H2,1-5H3. The van der Waals surface area contributed by atoms with Crippen LogP contribution < -0.4 is 8.92 Å². The van der Waals surface area contributed by atoms with Crippen LogP contribution in [0, 0.1) is 5.41 Å². The summed E-state index contributed by atoms with van der Waals surface area (Å²) in [6, 6.07) is 5.43. The number of ether oxygens (including phenoxy) is 1. The van der Waals surface area contributed by atoms with Crippen LogP contribution in [0.3, 0.4) is 0 Å². The second-order valence-electron chi connectivity index (χ2n) is 7.91. The largest absolute Gasteiger partial charge is 0.493 e. The zero-order valence-electron chi connectivity index (χ0n) is 16.2. The first-order valence-corrected chi connectivity index (χ1v) is 10.5. The van der Waals surface area contributed by atoms with Crippen molar-refractivity contribution in [3.63, 3.8) is 0 Å². The van der Waals surface area contributed by atoms with Crippen LogP contribution in [0.15, 0.2) is 18.2 Å². The molecule has 0 N–H and O–H groups in total. The maximum atomic E-state index is 12.7. The molecular weight excluding hydrogens is 354 g/mol. The van der Waals surface area contributed by atoms with Crippen molar-refractivity contribution in [2.45, 2.75) is 59.5 Å². The molecular formula is C19H29NO5S. The van der Waals surface area contributed by atoms with Gasteiger partial charge < -0.3 is 13.8 Å². The summed E-state index contributed by atoms with van der Waals surface area (Å²) >= 11 is 0. The predicted molar refractivity (Wildman–Crippen MR) is 101 cm³/mol. The first kappa shape index (κ1) is 20.6. The van der Waals surface area contributed by atoms with Crippen molar-refractivity contribution in [2.24, 2.45) is 5.41 Å². The molecule has 1 fully saturated rings. The first-order chi connectivity index (χ1) is 12.0. The quantitative estimate of drug-likeness (QED) is 0.644. The SMILES string of the molecule is CCS(=O)(=O)Oc1cc(CN(C(=O)CC(C)(C)C)C2CC2)ccc1OC. The van der Waals surface area contributed by atoms with Gasteiger partial charge in [0.2, 0.25) is 5.91 Å². The van der Waals surface area contributed by atoms with E-state index in [0.717, 1.165) is 18.4 Å². The predicted octanol–water partition coefficient (Wildman–Crippen LogP) is 3.35. The fourth-order valence-corrected chi connectivity index (χ4v) is 3.16. The molecule has 1 amide bonds. The van der Waals surface area contributed by atoms with E-state index in [2.05, 4.69) is 0 Å². The van der Waals surface area contributed by atoms with Crippen LogP contribution in [0.4, 0.5) is 0 Å². The fourth-order valence-electron chi connectivity index (χ4n) is 2.64. The van der Waals surface area contributed by atoms with Gasteiger partial charge in [-0.05, 0) is 42.9 Å². The van der Waals surface area contributed by atoms with Crippen LogP contribution in [0.5, 0.6) is 11.5 Å². The topological polar surface area (TPSA) is 72.9 Å². The summed E-state index contributed by atoms with van der Waals surface area (Å²) in [5.74, 6) is 0.508. The lowest BCUT2D eigenvalue weighted by molar-refractivity contribution is -0.134. The van der Waals surface area contributed by atoms with E-state index < -0.39 is 10.1 Å². The van der Waals surface area contributed by atoms with E-state index in [9.17, 15) is 13.2 Å². The van der Waals surface area contributed by atoms with E-state index in [1.165, 1.54) is 14.0 Å². The number of rotatable bonds is 8. The maximum absolute atomic E-state index is 12.7. The van der Waals surface area contributed by atoms with Crippen molar-refractivity contribution in [3.8, 4) is 11.5 Å². The van der Waals surface area contributed by atoms with E-state index in [4.69, 9.17) is 8.92 Å². The van der Waals surface area contributed by atoms with Gasteiger partial charge in [-0.1, -0.05) is 26.8 Å². The number of carbonyl (C=O) groups is 1. The Morgan fingerprint density at radius 2 is 1.88 bits per heavy atom. The van der Waals surface area contributed by atoms with E-state index in [1.54, 1.807) is 12.1 Å². The van der Waals surface area contributed by atoms with Gasteiger partial charge in [0.25, 0.3) is 0 Å². The fraction of sp³-hybridized carbons (Fsp3) is 0.632. The second-order valence-corrected chi connectivity index (χ2v) is 9.76. The molecule has 0 unspecified atom stereocenters. The molecule has 146 valence electrons. The van der Waals surface area contributed by atoms with Crippen molar-refractivity contribution in [2.75, 3.05) is 12.9 Å². The van der Waals surface area contributed by atoms with E-state index >= 15 is 0 Å². The van der Waals surface area contributed by atoms with Crippen molar-refractivity contribution in [1.82, 2.24) is 4.90 Å². The summed E-state index contributed by atoms with van der Waals surface area (Å²) in [4.78, 5) is 14.6. The molecule has 0 heterocycles. The lowest BCUT2D eigenvalue weighted by atomic mass is 9.91. The molecule has 1 saturated carbocycles. The zero-order chi connectivity index (χ0) is 19.5. The Morgan fingerprint density at radius 3 is 2.38 bits per heavy atom. The summed E-state index contributed by atoms with van der Waals surface area (Å²) in [6.45, 7) is 8.10. The van der Waals surface area contributed by atoms with Crippen molar-refractivity contribution in [3.05, 3.63) is 23.8 Å². The normalized spacial score (nSPS) is 14.8. The zero-order valence-corrected chi connectivity index (χ0v) is 17.1. The highest BCUT2D eigenvalue weighted by atomic mass is 32.2. The maximum Gasteiger partial charge on any atom is 0.309 e. The van der Waals surface area contributed by atoms with Gasteiger partial charge in [-0.2, -0.15) is 8.42 Å². The van der Waals surface area contributed by atoms with Gasteiger partial charge in [0.1, 0.15) is 0 Å². The van der Waals surface area contributed by atoms with Crippen molar-refractivity contribution < 1.29 is 22.1 Å². The minimum Gasteiger partial charge on any atom is -0.493 e. The number of hydrogen-bond acceptors (Lipinski definition) is 5. The molecule has 0 radical (unpaired) electrons. The Kier molecular flexibility index (Phi) is 6.21. The molecule has 1 aromatic carbocycles. The molecule has 1 aromatic rings. The molecule has 0 atom stereocenters. The summed E-state index contributed by atoms with van der Waals surface area (Å²) in [5, 5.41) is 0. The Balaban J connectivity index is 2.22. The summed E-state index contributed by atoms with van der Waals surface area (Å²) in [6.07, 6.45) is 2.51. The summed E-state index contributed by atoms with van der Waals surface area (Å²) in [5.41, 5.74) is 0.745. The Labute approximate surface area is 156 Å². The average molecular weight is 384 g/mol. The highest BCUT2D eigenvalue weighted by Gasteiger charge is 2.34. The highest BCUT2D eigenvalue weighted by molar-refractivity contribution is 7.87. The number of nitrogens with zero attached hydrogens (tertiary/aromatic N) is 1. The van der Waals surface area contributed by atoms with Gasteiger partial charge >= 0.3 is 10.1 Å². The Bertz CT molecular complexity index is 748. The van der Waals surface area contributed by atoms with Crippen LogP contribution in [-0.4, -0.2) is 38.1 Å². The van der Waals surface area contributed by atoms with Gasteiger partial charge in [0.05, 0.1) is 12.9 Å². The van der Waals surface area contributed by atoms with E-state index in [1.807, 2.05) is 31.7 Å². The lowest BCUT2D eigenvalue weighted by Gasteiger charge is -2.27. The molecule has 0 aromatic heterocycles. The monoisotopic (exact) mass is 383 g/mol. The van der Waals surface area contributed by atoms with Gasteiger partial charge in [0.15, 0.2) is 11.5 Å². The number of benzene rings is 1. The summed E-state index contributed by atoms with van der Waals surface area (Å²) < 4.78 is 34.0. The third-order valence-corrected chi connectivity index (χ3v) is 5.28. The minimum atomic E-state index is -3.66. The molecule has 2 rings (SSSR count). The molecule has 7 heteroatoms.